The van der Waals surface area contributed by atoms with Crippen molar-refractivity contribution in [2.75, 3.05) is 0 Å². The van der Waals surface area contributed by atoms with Crippen molar-refractivity contribution in [1.29, 1.82) is 0 Å². The highest BCUT2D eigenvalue weighted by Crippen LogP contribution is 2.07. The third kappa shape index (κ3) is 17.0. The lowest BCUT2D eigenvalue weighted by atomic mass is 10.1. The molecule has 0 amide bonds. The molecule has 0 aliphatic rings. The van der Waals surface area contributed by atoms with Crippen molar-refractivity contribution >= 4 is 5.97 Å². The molecule has 0 aromatic rings. The lowest BCUT2D eigenvalue weighted by Crippen LogP contribution is -2.04. The first kappa shape index (κ1) is 22.6. The number of allylic oxidation sites excluding steroid dienone is 4. The summed E-state index contributed by atoms with van der Waals surface area (Å²) in [6.45, 7) is 2.19. The van der Waals surface area contributed by atoms with Crippen LogP contribution >= 0.6 is 0 Å². The van der Waals surface area contributed by atoms with E-state index in [2.05, 4.69) is 30.0 Å². The molecule has 0 saturated carbocycles. The molecule has 4 heteroatoms. The topological polar surface area (TPSA) is 66.8 Å². The monoisotopic (exact) mass is 338 g/mol. The maximum absolute atomic E-state index is 10.4. The summed E-state index contributed by atoms with van der Waals surface area (Å²) in [7, 11) is 0. The van der Waals surface area contributed by atoms with Crippen molar-refractivity contribution in [1.82, 2.24) is 0 Å². The first-order chi connectivity index (χ1) is 11.7. The number of unbranched alkanes of at least 4 members (excludes halogenated alkanes) is 7. The largest absolute Gasteiger partial charge is 0.481 e. The van der Waals surface area contributed by atoms with Gasteiger partial charge in [-0.3, -0.25) is 10.1 Å². The Morgan fingerprint density at radius 3 is 2.38 bits per heavy atom. The molecule has 0 saturated heterocycles. The molecule has 0 rings (SSSR count). The number of hydrogen-bond donors (Lipinski definition) is 2. The van der Waals surface area contributed by atoms with Gasteiger partial charge in [-0.2, -0.15) is 0 Å². The van der Waals surface area contributed by atoms with Crippen LogP contribution in [0.3, 0.4) is 0 Å². The SMILES string of the molecule is CCCCC/C=C\CC(/C=C/C=C\CCCCCCC(=O)O)OO. The van der Waals surface area contributed by atoms with E-state index in [-0.39, 0.29) is 12.5 Å². The van der Waals surface area contributed by atoms with E-state index in [1.165, 1.54) is 19.3 Å². The predicted molar refractivity (Wildman–Crippen MR) is 99.0 cm³/mol. The van der Waals surface area contributed by atoms with Crippen LogP contribution in [0.2, 0.25) is 0 Å². The van der Waals surface area contributed by atoms with Gasteiger partial charge in [0.1, 0.15) is 6.10 Å². The Morgan fingerprint density at radius 1 is 0.958 bits per heavy atom. The van der Waals surface area contributed by atoms with Gasteiger partial charge in [0.2, 0.25) is 0 Å². The quantitative estimate of drug-likeness (QED) is 0.121. The molecular weight excluding hydrogens is 304 g/mol. The minimum Gasteiger partial charge on any atom is -0.481 e. The number of carboxylic acid groups (broad SMARTS) is 1. The van der Waals surface area contributed by atoms with Gasteiger partial charge in [-0.05, 0) is 38.5 Å². The van der Waals surface area contributed by atoms with Gasteiger partial charge in [0.25, 0.3) is 0 Å². The molecule has 0 aromatic carbocycles. The Labute approximate surface area is 146 Å². The highest BCUT2D eigenvalue weighted by atomic mass is 17.1. The first-order valence-electron chi connectivity index (χ1n) is 9.21. The molecule has 24 heavy (non-hydrogen) atoms. The standard InChI is InChI=1S/C20H34O4/c1-2-3-4-5-10-13-16-19(24-23)17-14-11-8-6-7-9-12-15-18-20(21)22/h8,10-11,13-14,17,19,23H,2-7,9,12,15-16,18H2,1H3,(H,21,22)/b11-8-,13-10-,17-14+. The van der Waals surface area contributed by atoms with Gasteiger partial charge in [0.05, 0.1) is 0 Å². The van der Waals surface area contributed by atoms with Gasteiger partial charge in [0.15, 0.2) is 0 Å². The zero-order valence-corrected chi connectivity index (χ0v) is 15.0. The van der Waals surface area contributed by atoms with E-state index >= 15 is 0 Å². The van der Waals surface area contributed by atoms with Gasteiger partial charge in [0, 0.05) is 6.42 Å². The summed E-state index contributed by atoms with van der Waals surface area (Å²) in [5.74, 6) is -0.712. The van der Waals surface area contributed by atoms with Crippen molar-refractivity contribution in [3.8, 4) is 0 Å². The average Bonchev–Trinajstić information content (AvgIpc) is 2.57. The molecule has 0 aliphatic heterocycles. The summed E-state index contributed by atoms with van der Waals surface area (Å²) in [5, 5.41) is 17.4. The van der Waals surface area contributed by atoms with Gasteiger partial charge in [-0.25, -0.2) is 4.89 Å². The van der Waals surface area contributed by atoms with E-state index in [0.717, 1.165) is 38.5 Å². The summed E-state index contributed by atoms with van der Waals surface area (Å²) in [6.07, 6.45) is 22.3. The third-order valence-electron chi connectivity index (χ3n) is 3.73. The highest BCUT2D eigenvalue weighted by molar-refractivity contribution is 5.66. The van der Waals surface area contributed by atoms with Crippen LogP contribution in [0.5, 0.6) is 0 Å². The van der Waals surface area contributed by atoms with E-state index in [0.29, 0.717) is 6.42 Å². The van der Waals surface area contributed by atoms with Crippen molar-refractivity contribution in [3.05, 3.63) is 36.5 Å². The van der Waals surface area contributed by atoms with Crippen LogP contribution in [0, 0.1) is 0 Å². The molecule has 0 aromatic heterocycles. The number of carbonyl (C=O) groups is 1. The van der Waals surface area contributed by atoms with E-state index in [1.807, 2.05) is 18.2 Å². The van der Waals surface area contributed by atoms with Crippen LogP contribution in [0.4, 0.5) is 0 Å². The van der Waals surface area contributed by atoms with Gasteiger partial charge in [-0.15, -0.1) is 0 Å². The lowest BCUT2D eigenvalue weighted by Gasteiger charge is -2.04. The first-order valence-corrected chi connectivity index (χ1v) is 9.21. The maximum Gasteiger partial charge on any atom is 0.303 e. The summed E-state index contributed by atoms with van der Waals surface area (Å²) < 4.78 is 0. The molecule has 1 unspecified atom stereocenters. The Balaban J connectivity index is 3.67. The van der Waals surface area contributed by atoms with Crippen molar-refractivity contribution in [3.63, 3.8) is 0 Å². The molecule has 138 valence electrons. The summed E-state index contributed by atoms with van der Waals surface area (Å²) in [6, 6.07) is 0. The molecule has 0 bridgehead atoms. The number of aliphatic carboxylic acids is 1. The van der Waals surface area contributed by atoms with Crippen LogP contribution in [-0.4, -0.2) is 22.4 Å². The average molecular weight is 338 g/mol. The Morgan fingerprint density at radius 2 is 1.67 bits per heavy atom. The lowest BCUT2D eigenvalue weighted by molar-refractivity contribution is -0.264. The second-order valence-electron chi connectivity index (χ2n) is 6.01. The molecule has 0 fully saturated rings. The van der Waals surface area contributed by atoms with E-state index in [9.17, 15) is 4.79 Å². The Bertz CT molecular complexity index is 372. The van der Waals surface area contributed by atoms with Crippen LogP contribution in [0.1, 0.15) is 77.6 Å². The minimum absolute atomic E-state index is 0.272. The highest BCUT2D eigenvalue weighted by Gasteiger charge is 2.00. The normalized spacial score (nSPS) is 13.4. The second-order valence-corrected chi connectivity index (χ2v) is 6.01. The zero-order chi connectivity index (χ0) is 17.9. The van der Waals surface area contributed by atoms with Crippen LogP contribution < -0.4 is 0 Å². The van der Waals surface area contributed by atoms with Crippen molar-refractivity contribution in [2.45, 2.75) is 83.7 Å². The molecule has 4 nitrogen and oxygen atoms in total. The molecular formula is C20H34O4. The van der Waals surface area contributed by atoms with Crippen LogP contribution in [0.15, 0.2) is 36.5 Å². The van der Waals surface area contributed by atoms with E-state index in [1.54, 1.807) is 0 Å². The van der Waals surface area contributed by atoms with E-state index < -0.39 is 5.97 Å². The Kier molecular flexibility index (Phi) is 16.9. The van der Waals surface area contributed by atoms with E-state index in [4.69, 9.17) is 10.4 Å². The fourth-order valence-electron chi connectivity index (χ4n) is 2.27. The fourth-order valence-corrected chi connectivity index (χ4v) is 2.27. The zero-order valence-electron chi connectivity index (χ0n) is 15.0. The van der Waals surface area contributed by atoms with Gasteiger partial charge >= 0.3 is 5.97 Å². The minimum atomic E-state index is -0.712. The molecule has 2 N–H and O–H groups in total. The third-order valence-corrected chi connectivity index (χ3v) is 3.73. The molecule has 0 spiro atoms. The number of hydrogen-bond acceptors (Lipinski definition) is 3. The number of rotatable bonds is 16. The van der Waals surface area contributed by atoms with Gasteiger partial charge in [-0.1, -0.05) is 69.1 Å². The van der Waals surface area contributed by atoms with Crippen molar-refractivity contribution < 1.29 is 20.0 Å². The predicted octanol–water partition coefficient (Wildman–Crippen LogP) is 5.91. The smallest absolute Gasteiger partial charge is 0.303 e. The van der Waals surface area contributed by atoms with Crippen LogP contribution in [0.25, 0.3) is 0 Å². The number of carboxylic acids is 1. The van der Waals surface area contributed by atoms with Crippen LogP contribution in [-0.2, 0) is 9.68 Å². The van der Waals surface area contributed by atoms with Crippen molar-refractivity contribution in [2.24, 2.45) is 0 Å². The summed E-state index contributed by atoms with van der Waals surface area (Å²) in [5.41, 5.74) is 0. The maximum atomic E-state index is 10.4. The molecule has 0 heterocycles. The van der Waals surface area contributed by atoms with Gasteiger partial charge < -0.3 is 5.11 Å². The summed E-state index contributed by atoms with van der Waals surface area (Å²) in [4.78, 5) is 14.8. The second kappa shape index (κ2) is 18.0. The summed E-state index contributed by atoms with van der Waals surface area (Å²) >= 11 is 0. The molecule has 0 aliphatic carbocycles. The molecule has 0 radical (unpaired) electrons. The fraction of sp³-hybridized carbons (Fsp3) is 0.650. The molecule has 1 atom stereocenters. The Hall–Kier alpha value is -1.39.